The number of rotatable bonds is 7. The van der Waals surface area contributed by atoms with E-state index in [1.54, 1.807) is 0 Å². The zero-order valence-electron chi connectivity index (χ0n) is 16.3. The number of hydrogen-bond donors (Lipinski definition) is 0. The van der Waals surface area contributed by atoms with Crippen LogP contribution in [0.1, 0.15) is 40.3 Å². The molecule has 0 saturated carbocycles. The van der Waals surface area contributed by atoms with Crippen molar-refractivity contribution in [2.45, 2.75) is 46.2 Å². The summed E-state index contributed by atoms with van der Waals surface area (Å²) in [6, 6.07) is 27.2. The Kier molecular flexibility index (Phi) is 6.33. The molecular weight excluding hydrogens is 311 g/mol. The van der Waals surface area contributed by atoms with Crippen LogP contribution in [-0.2, 0) is 25.5 Å². The molecule has 3 rings (SSSR count). The lowest BCUT2D eigenvalue weighted by atomic mass is 9.45. The molecule has 0 saturated heterocycles. The van der Waals surface area contributed by atoms with E-state index in [2.05, 4.69) is 93.5 Å². The maximum atomic E-state index is 2.35. The van der Waals surface area contributed by atoms with E-state index in [0.717, 1.165) is 25.5 Å². The van der Waals surface area contributed by atoms with E-state index in [1.807, 2.05) is 0 Å². The van der Waals surface area contributed by atoms with Gasteiger partial charge in [0.25, 0.3) is 0 Å². The maximum absolute atomic E-state index is 2.35. The quantitative estimate of drug-likeness (QED) is 0.453. The van der Waals surface area contributed by atoms with Gasteiger partial charge in [0.2, 0.25) is 0 Å². The number of benzene rings is 3. The maximum Gasteiger partial charge on any atom is 0.146 e. The predicted molar refractivity (Wildman–Crippen MR) is 115 cm³/mol. The summed E-state index contributed by atoms with van der Waals surface area (Å²) < 4.78 is 0. The van der Waals surface area contributed by atoms with Gasteiger partial charge in [-0.15, -0.1) is 0 Å². The van der Waals surface area contributed by atoms with Gasteiger partial charge in [0.05, 0.1) is 0 Å². The van der Waals surface area contributed by atoms with Crippen molar-refractivity contribution in [1.82, 2.24) is 0 Å². The first-order valence-corrected chi connectivity index (χ1v) is 9.83. The Balaban J connectivity index is 1.55. The van der Waals surface area contributed by atoms with Crippen molar-refractivity contribution in [3.63, 3.8) is 0 Å². The normalized spacial score (nSPS) is 10.7. The van der Waals surface area contributed by atoms with Crippen molar-refractivity contribution in [1.29, 1.82) is 0 Å². The topological polar surface area (TPSA) is 0 Å². The lowest BCUT2D eigenvalue weighted by molar-refractivity contribution is 1.12. The predicted octanol–water partition coefficient (Wildman–Crippen LogP) is 6.14. The lowest BCUT2D eigenvalue weighted by Crippen LogP contribution is -2.16. The molecule has 0 amide bonds. The molecule has 0 aliphatic carbocycles. The van der Waals surface area contributed by atoms with Crippen molar-refractivity contribution in [2.24, 2.45) is 0 Å². The van der Waals surface area contributed by atoms with Gasteiger partial charge in [-0.2, -0.15) is 0 Å². The summed E-state index contributed by atoms with van der Waals surface area (Å²) in [5.41, 5.74) is 8.41. The molecule has 0 radical (unpaired) electrons. The molecular formula is C25H29B. The second-order valence-electron chi connectivity index (χ2n) is 7.66. The second-order valence-corrected chi connectivity index (χ2v) is 7.66. The molecule has 0 aromatic heterocycles. The Morgan fingerprint density at radius 1 is 0.577 bits per heavy atom. The summed E-state index contributed by atoms with van der Waals surface area (Å²) in [5, 5.41) is 0. The monoisotopic (exact) mass is 340 g/mol. The lowest BCUT2D eigenvalue weighted by Gasteiger charge is -2.10. The number of hydrogen-bond acceptors (Lipinski definition) is 0. The Hall–Kier alpha value is -2.28. The number of aryl methyl sites for hydroxylation is 2. The van der Waals surface area contributed by atoms with Crippen molar-refractivity contribution < 1.29 is 0 Å². The molecule has 0 spiro atoms. The van der Waals surface area contributed by atoms with Crippen molar-refractivity contribution >= 4 is 6.71 Å². The van der Waals surface area contributed by atoms with Crippen LogP contribution in [0.5, 0.6) is 0 Å². The van der Waals surface area contributed by atoms with Crippen LogP contribution in [0.15, 0.2) is 72.8 Å². The Labute approximate surface area is 159 Å². The van der Waals surface area contributed by atoms with Gasteiger partial charge in [0.15, 0.2) is 0 Å². The molecule has 0 aliphatic rings. The van der Waals surface area contributed by atoms with Crippen LogP contribution in [0.2, 0.25) is 6.82 Å². The fourth-order valence-corrected chi connectivity index (χ4v) is 3.52. The largest absolute Gasteiger partial charge is 0.146 e. The highest BCUT2D eigenvalue weighted by Gasteiger charge is 2.09. The summed E-state index contributed by atoms with van der Waals surface area (Å²) in [7, 11) is 0. The molecule has 0 N–H and O–H groups in total. The minimum atomic E-state index is 0.658. The average molecular weight is 340 g/mol. The van der Waals surface area contributed by atoms with E-state index < -0.39 is 0 Å². The van der Waals surface area contributed by atoms with Gasteiger partial charge in [0, 0.05) is 0 Å². The van der Waals surface area contributed by atoms with E-state index in [-0.39, 0.29) is 0 Å². The zero-order chi connectivity index (χ0) is 18.4. The van der Waals surface area contributed by atoms with Crippen molar-refractivity contribution in [3.8, 4) is 0 Å². The van der Waals surface area contributed by atoms with Gasteiger partial charge in [-0.1, -0.05) is 103 Å². The van der Waals surface area contributed by atoms with Crippen molar-refractivity contribution in [2.75, 3.05) is 0 Å². The first-order valence-electron chi connectivity index (χ1n) is 9.83. The standard InChI is InChI=1S/C25H29B/c1-4-21-9-11-22(12-10-21)17-23-13-15-25(16-14-23)19-26(3)18-24-7-5-20(2)6-8-24/h5-16H,4,17-19H2,1-3H3. The average Bonchev–Trinajstić information content (AvgIpc) is 2.66. The molecule has 0 bridgehead atoms. The third kappa shape index (κ3) is 5.36. The summed E-state index contributed by atoms with van der Waals surface area (Å²) in [5.74, 6) is 0. The first-order chi connectivity index (χ1) is 12.6. The van der Waals surface area contributed by atoms with E-state index >= 15 is 0 Å². The fraction of sp³-hybridized carbons (Fsp3) is 0.280. The molecule has 0 fully saturated rings. The smallest absolute Gasteiger partial charge is 0.0855 e. The minimum Gasteiger partial charge on any atom is -0.0855 e. The zero-order valence-corrected chi connectivity index (χ0v) is 16.3. The highest BCUT2D eigenvalue weighted by Crippen LogP contribution is 2.14. The van der Waals surface area contributed by atoms with E-state index in [4.69, 9.17) is 0 Å². The van der Waals surface area contributed by atoms with Crippen LogP contribution in [0.4, 0.5) is 0 Å². The van der Waals surface area contributed by atoms with Crippen LogP contribution in [0, 0.1) is 6.92 Å². The SMILES string of the molecule is CCc1ccc(Cc2ccc(CB(C)Cc3ccc(C)cc3)cc2)cc1. The first kappa shape index (κ1) is 18.5. The van der Waals surface area contributed by atoms with E-state index in [0.29, 0.717) is 6.71 Å². The highest BCUT2D eigenvalue weighted by molar-refractivity contribution is 6.56. The van der Waals surface area contributed by atoms with E-state index in [9.17, 15) is 0 Å². The summed E-state index contributed by atoms with van der Waals surface area (Å²) in [6.07, 6.45) is 4.41. The third-order valence-electron chi connectivity index (χ3n) is 5.15. The van der Waals surface area contributed by atoms with Crippen LogP contribution in [-0.4, -0.2) is 6.71 Å². The molecule has 3 aromatic carbocycles. The van der Waals surface area contributed by atoms with Crippen LogP contribution in [0.3, 0.4) is 0 Å². The molecule has 0 unspecified atom stereocenters. The Bertz CT molecular complexity index is 798. The van der Waals surface area contributed by atoms with Gasteiger partial charge in [0.1, 0.15) is 6.71 Å². The minimum absolute atomic E-state index is 0.658. The molecule has 0 atom stereocenters. The molecule has 3 aromatic rings. The third-order valence-corrected chi connectivity index (χ3v) is 5.15. The highest BCUT2D eigenvalue weighted by atomic mass is 14.0. The van der Waals surface area contributed by atoms with Gasteiger partial charge in [-0.25, -0.2) is 0 Å². The molecule has 132 valence electrons. The molecule has 0 aliphatic heterocycles. The van der Waals surface area contributed by atoms with Gasteiger partial charge < -0.3 is 0 Å². The van der Waals surface area contributed by atoms with Crippen molar-refractivity contribution in [3.05, 3.63) is 106 Å². The van der Waals surface area contributed by atoms with Crippen LogP contribution in [0.25, 0.3) is 0 Å². The summed E-state index contributed by atoms with van der Waals surface area (Å²) in [6.45, 7) is 7.36. The Morgan fingerprint density at radius 2 is 0.962 bits per heavy atom. The summed E-state index contributed by atoms with van der Waals surface area (Å²) in [4.78, 5) is 0. The van der Waals surface area contributed by atoms with Gasteiger partial charge >= 0.3 is 0 Å². The van der Waals surface area contributed by atoms with Gasteiger partial charge in [-0.3, -0.25) is 0 Å². The fourth-order valence-electron chi connectivity index (χ4n) is 3.52. The molecule has 26 heavy (non-hydrogen) atoms. The molecule has 1 heteroatoms. The van der Waals surface area contributed by atoms with Crippen LogP contribution >= 0.6 is 0 Å². The summed E-state index contributed by atoms with van der Waals surface area (Å²) >= 11 is 0. The second kappa shape index (κ2) is 8.89. The Morgan fingerprint density at radius 3 is 1.42 bits per heavy atom. The molecule has 0 nitrogen and oxygen atoms in total. The van der Waals surface area contributed by atoms with Crippen LogP contribution < -0.4 is 0 Å². The van der Waals surface area contributed by atoms with E-state index in [1.165, 1.54) is 33.4 Å². The molecule has 0 heterocycles. The van der Waals surface area contributed by atoms with Gasteiger partial charge in [-0.05, 0) is 49.1 Å².